The highest BCUT2D eigenvalue weighted by Crippen LogP contribution is 2.30. The Balaban J connectivity index is 0.00000180. The summed E-state index contributed by atoms with van der Waals surface area (Å²) in [5.41, 5.74) is 7.65. The quantitative estimate of drug-likeness (QED) is 0.897. The minimum absolute atomic E-state index is 0. The van der Waals surface area contributed by atoms with Gasteiger partial charge >= 0.3 is 0 Å². The maximum Gasteiger partial charge on any atom is 0.222 e. The molecule has 3 N–H and O–H groups in total. The number of nitrogens with one attached hydrogen (secondary N) is 1. The Morgan fingerprint density at radius 1 is 1.58 bits per heavy atom. The Morgan fingerprint density at radius 2 is 2.32 bits per heavy atom. The van der Waals surface area contributed by atoms with Crippen molar-refractivity contribution in [2.45, 2.75) is 44.7 Å². The number of carbonyl (C=O) groups is 1. The molecule has 0 heterocycles. The van der Waals surface area contributed by atoms with Gasteiger partial charge in [0.2, 0.25) is 5.91 Å². The third kappa shape index (κ3) is 4.18. The van der Waals surface area contributed by atoms with Crippen molar-refractivity contribution >= 4 is 18.3 Å². The van der Waals surface area contributed by atoms with E-state index < -0.39 is 0 Å². The highest BCUT2D eigenvalue weighted by Gasteiger charge is 2.22. The molecule has 19 heavy (non-hydrogen) atoms. The van der Waals surface area contributed by atoms with Crippen molar-refractivity contribution in [3.05, 3.63) is 35.1 Å². The molecule has 1 aromatic rings. The number of aryl methyl sites for hydroxylation is 1. The molecule has 0 saturated carbocycles. The van der Waals surface area contributed by atoms with Gasteiger partial charge in [0.1, 0.15) is 5.82 Å². The molecule has 0 aliphatic heterocycles. The smallest absolute Gasteiger partial charge is 0.222 e. The lowest BCUT2D eigenvalue weighted by Crippen LogP contribution is -2.34. The Hall–Kier alpha value is -1.13. The lowest BCUT2D eigenvalue weighted by molar-refractivity contribution is -0.122. The van der Waals surface area contributed by atoms with E-state index in [4.69, 9.17) is 5.73 Å². The fourth-order valence-electron chi connectivity index (χ4n) is 2.48. The topological polar surface area (TPSA) is 55.1 Å². The van der Waals surface area contributed by atoms with Gasteiger partial charge in [-0.1, -0.05) is 6.07 Å². The van der Waals surface area contributed by atoms with E-state index in [0.29, 0.717) is 6.42 Å². The van der Waals surface area contributed by atoms with Gasteiger partial charge in [-0.05, 0) is 49.4 Å². The van der Waals surface area contributed by atoms with Gasteiger partial charge in [-0.25, -0.2) is 4.39 Å². The van der Waals surface area contributed by atoms with Crippen molar-refractivity contribution in [2.24, 2.45) is 5.73 Å². The van der Waals surface area contributed by atoms with E-state index in [-0.39, 0.29) is 36.2 Å². The number of halogens is 2. The fourth-order valence-corrected chi connectivity index (χ4v) is 2.48. The minimum atomic E-state index is -0.212. The third-order valence-electron chi connectivity index (χ3n) is 3.26. The summed E-state index contributed by atoms with van der Waals surface area (Å²) >= 11 is 0. The van der Waals surface area contributed by atoms with Gasteiger partial charge in [0.15, 0.2) is 0 Å². The molecule has 2 atom stereocenters. The molecule has 0 radical (unpaired) electrons. The summed E-state index contributed by atoms with van der Waals surface area (Å²) in [6.07, 6.45) is 3.09. The zero-order chi connectivity index (χ0) is 13.1. The number of hydrogen-bond acceptors (Lipinski definition) is 2. The normalized spacial score (nSPS) is 19.0. The monoisotopic (exact) mass is 286 g/mol. The molecule has 0 aromatic heterocycles. The summed E-state index contributed by atoms with van der Waals surface area (Å²) in [6.45, 7) is 1.81. The number of rotatable bonds is 3. The van der Waals surface area contributed by atoms with Crippen LogP contribution in [-0.2, 0) is 11.2 Å². The van der Waals surface area contributed by atoms with E-state index in [1.807, 2.05) is 6.92 Å². The molecule has 1 aliphatic rings. The van der Waals surface area contributed by atoms with E-state index in [1.54, 1.807) is 12.1 Å². The van der Waals surface area contributed by atoms with Crippen LogP contribution in [0.2, 0.25) is 0 Å². The van der Waals surface area contributed by atoms with E-state index in [1.165, 1.54) is 6.07 Å². The summed E-state index contributed by atoms with van der Waals surface area (Å²) in [4.78, 5) is 11.7. The first-order valence-corrected chi connectivity index (χ1v) is 6.39. The van der Waals surface area contributed by atoms with Crippen LogP contribution in [-0.4, -0.2) is 11.9 Å². The summed E-state index contributed by atoms with van der Waals surface area (Å²) in [7, 11) is 0. The second kappa shape index (κ2) is 6.87. The lowest BCUT2D eigenvalue weighted by atomic mass is 9.87. The van der Waals surface area contributed by atoms with Crippen LogP contribution in [0.4, 0.5) is 4.39 Å². The molecular formula is C14H20ClFN2O. The molecule has 3 nitrogen and oxygen atoms in total. The molecule has 1 aliphatic carbocycles. The highest BCUT2D eigenvalue weighted by atomic mass is 35.5. The molecular weight excluding hydrogens is 267 g/mol. The van der Waals surface area contributed by atoms with Crippen LogP contribution in [0.1, 0.15) is 43.4 Å². The zero-order valence-corrected chi connectivity index (χ0v) is 11.8. The summed E-state index contributed by atoms with van der Waals surface area (Å²) in [5.74, 6) is -0.247. The molecule has 2 rings (SSSR count). The Morgan fingerprint density at radius 3 is 3.00 bits per heavy atom. The van der Waals surface area contributed by atoms with Crippen LogP contribution in [0.15, 0.2) is 18.2 Å². The Bertz CT molecular complexity index is 451. The molecule has 0 fully saturated rings. The first kappa shape index (κ1) is 15.9. The molecule has 1 amide bonds. The van der Waals surface area contributed by atoms with Crippen molar-refractivity contribution in [3.63, 3.8) is 0 Å². The number of nitrogens with two attached hydrogens (primary N) is 1. The average Bonchev–Trinajstić information content (AvgIpc) is 2.27. The largest absolute Gasteiger partial charge is 0.349 e. The highest BCUT2D eigenvalue weighted by molar-refractivity contribution is 5.85. The number of amides is 1. The second-order valence-corrected chi connectivity index (χ2v) is 5.04. The number of fused-ring (bicyclic) bond motifs is 1. The van der Waals surface area contributed by atoms with Gasteiger partial charge in [0, 0.05) is 12.5 Å². The molecule has 2 unspecified atom stereocenters. The average molecular weight is 287 g/mol. The van der Waals surface area contributed by atoms with E-state index in [2.05, 4.69) is 5.32 Å². The molecule has 0 spiro atoms. The van der Waals surface area contributed by atoms with Gasteiger partial charge in [0.25, 0.3) is 0 Å². The van der Waals surface area contributed by atoms with Crippen molar-refractivity contribution in [1.29, 1.82) is 0 Å². The maximum atomic E-state index is 13.2. The summed E-state index contributed by atoms with van der Waals surface area (Å²) in [5, 5.41) is 2.98. The number of carbonyl (C=O) groups excluding carboxylic acids is 1. The van der Waals surface area contributed by atoms with E-state index in [9.17, 15) is 9.18 Å². The summed E-state index contributed by atoms with van der Waals surface area (Å²) < 4.78 is 13.2. The van der Waals surface area contributed by atoms with Crippen LogP contribution in [0.5, 0.6) is 0 Å². The van der Waals surface area contributed by atoms with Crippen molar-refractivity contribution in [2.75, 3.05) is 0 Å². The molecule has 106 valence electrons. The van der Waals surface area contributed by atoms with Gasteiger partial charge in [-0.2, -0.15) is 0 Å². The number of hydrogen-bond donors (Lipinski definition) is 2. The standard InChI is InChI=1S/C14H19FN2O.ClH/c1-9(16)7-14(18)17-13-4-2-3-10-8-11(15)5-6-12(10)13;/h5-6,8-9,13H,2-4,7,16H2,1H3,(H,17,18);1H. The van der Waals surface area contributed by atoms with Gasteiger partial charge in [-0.15, -0.1) is 12.4 Å². The molecule has 5 heteroatoms. The van der Waals surface area contributed by atoms with Crippen LogP contribution in [0.25, 0.3) is 0 Å². The first-order valence-electron chi connectivity index (χ1n) is 6.39. The maximum absolute atomic E-state index is 13.2. The molecule has 0 saturated heterocycles. The second-order valence-electron chi connectivity index (χ2n) is 5.04. The third-order valence-corrected chi connectivity index (χ3v) is 3.26. The predicted molar refractivity (Wildman–Crippen MR) is 75.7 cm³/mol. The van der Waals surface area contributed by atoms with Crippen LogP contribution in [0, 0.1) is 5.82 Å². The molecule has 1 aromatic carbocycles. The predicted octanol–water partition coefficient (Wildman–Crippen LogP) is 2.48. The zero-order valence-electron chi connectivity index (χ0n) is 11.0. The van der Waals surface area contributed by atoms with Gasteiger partial charge in [0.05, 0.1) is 6.04 Å². The molecule has 0 bridgehead atoms. The van der Waals surface area contributed by atoms with Crippen LogP contribution >= 0.6 is 12.4 Å². The SMILES string of the molecule is CC(N)CC(=O)NC1CCCc2cc(F)ccc21.Cl. The number of benzene rings is 1. The Labute approximate surface area is 119 Å². The first-order chi connectivity index (χ1) is 8.56. The van der Waals surface area contributed by atoms with Gasteiger partial charge in [-0.3, -0.25) is 4.79 Å². The van der Waals surface area contributed by atoms with Crippen molar-refractivity contribution < 1.29 is 9.18 Å². The van der Waals surface area contributed by atoms with E-state index >= 15 is 0 Å². The lowest BCUT2D eigenvalue weighted by Gasteiger charge is -2.26. The van der Waals surface area contributed by atoms with Crippen LogP contribution < -0.4 is 11.1 Å². The van der Waals surface area contributed by atoms with Crippen LogP contribution in [0.3, 0.4) is 0 Å². The summed E-state index contributed by atoms with van der Waals surface area (Å²) in [6, 6.07) is 4.66. The fraction of sp³-hybridized carbons (Fsp3) is 0.500. The van der Waals surface area contributed by atoms with E-state index in [0.717, 1.165) is 30.4 Å². The van der Waals surface area contributed by atoms with Crippen molar-refractivity contribution in [1.82, 2.24) is 5.32 Å². The Kier molecular flexibility index (Phi) is 5.76. The van der Waals surface area contributed by atoms with Gasteiger partial charge < -0.3 is 11.1 Å². The minimum Gasteiger partial charge on any atom is -0.349 e. The van der Waals surface area contributed by atoms with Crippen molar-refractivity contribution in [3.8, 4) is 0 Å².